The molecule has 1 saturated heterocycles. The summed E-state index contributed by atoms with van der Waals surface area (Å²) in [6, 6.07) is 6.91. The summed E-state index contributed by atoms with van der Waals surface area (Å²) in [7, 11) is 0. The number of carbonyl (C=O) groups is 2. The lowest BCUT2D eigenvalue weighted by molar-refractivity contribution is 0.0302. The minimum atomic E-state index is -0.327. The van der Waals surface area contributed by atoms with Crippen LogP contribution < -0.4 is 5.32 Å². The normalized spacial score (nSPS) is 14.3. The molecule has 2 N–H and O–H groups in total. The van der Waals surface area contributed by atoms with Crippen LogP contribution in [0.2, 0.25) is 0 Å². The van der Waals surface area contributed by atoms with E-state index >= 15 is 0 Å². The van der Waals surface area contributed by atoms with Gasteiger partial charge in [0.1, 0.15) is 5.52 Å². The van der Waals surface area contributed by atoms with Gasteiger partial charge in [0.2, 0.25) is 5.65 Å². The third-order valence-electron chi connectivity index (χ3n) is 4.55. The molecule has 27 heavy (non-hydrogen) atoms. The fourth-order valence-electron chi connectivity index (χ4n) is 3.00. The van der Waals surface area contributed by atoms with Gasteiger partial charge in [-0.05, 0) is 30.7 Å². The second-order valence-electron chi connectivity index (χ2n) is 6.23. The number of H-pyrrole nitrogens is 1. The lowest BCUT2D eigenvalue weighted by Crippen LogP contribution is -2.41. The zero-order valence-electron chi connectivity index (χ0n) is 14.7. The Morgan fingerprint density at radius 3 is 2.85 bits per heavy atom. The quantitative estimate of drug-likeness (QED) is 0.724. The van der Waals surface area contributed by atoms with Gasteiger partial charge in [0.25, 0.3) is 11.8 Å². The molecular formula is C18H18N6O3. The summed E-state index contributed by atoms with van der Waals surface area (Å²) in [5.41, 5.74) is 3.19. The molecule has 3 aromatic rings. The van der Waals surface area contributed by atoms with Gasteiger partial charge in [-0.15, -0.1) is 5.10 Å². The van der Waals surface area contributed by atoms with Crippen LogP contribution in [0.1, 0.15) is 26.3 Å². The number of pyridine rings is 1. The van der Waals surface area contributed by atoms with Gasteiger partial charge in [-0.25, -0.2) is 4.98 Å². The van der Waals surface area contributed by atoms with Crippen molar-refractivity contribution in [2.24, 2.45) is 0 Å². The SMILES string of the molecule is Cc1c(NC(=O)c2cnc3n[nH]nc3c2)cccc1C(=O)N1CCOCC1. The second-order valence-corrected chi connectivity index (χ2v) is 6.23. The molecule has 1 aliphatic rings. The number of morpholine rings is 1. The van der Waals surface area contributed by atoms with Crippen LogP contribution in [0.25, 0.3) is 11.2 Å². The maximum absolute atomic E-state index is 12.8. The van der Waals surface area contributed by atoms with Crippen LogP contribution in [0.15, 0.2) is 30.5 Å². The number of nitrogens with one attached hydrogen (secondary N) is 2. The Hall–Kier alpha value is -3.33. The molecule has 0 spiro atoms. The molecule has 138 valence electrons. The van der Waals surface area contributed by atoms with E-state index in [-0.39, 0.29) is 11.8 Å². The van der Waals surface area contributed by atoms with Crippen LogP contribution in [0, 0.1) is 6.92 Å². The van der Waals surface area contributed by atoms with E-state index in [1.54, 1.807) is 29.2 Å². The van der Waals surface area contributed by atoms with Gasteiger partial charge in [-0.3, -0.25) is 9.59 Å². The zero-order valence-corrected chi connectivity index (χ0v) is 14.7. The molecular weight excluding hydrogens is 348 g/mol. The second kappa shape index (κ2) is 7.12. The molecule has 9 heteroatoms. The van der Waals surface area contributed by atoms with E-state index in [2.05, 4.69) is 25.7 Å². The number of rotatable bonds is 3. The highest BCUT2D eigenvalue weighted by Gasteiger charge is 2.21. The molecule has 1 aliphatic heterocycles. The van der Waals surface area contributed by atoms with E-state index in [9.17, 15) is 9.59 Å². The average Bonchev–Trinajstić information content (AvgIpc) is 3.17. The summed E-state index contributed by atoms with van der Waals surface area (Å²) in [6.07, 6.45) is 1.44. The molecule has 0 unspecified atom stereocenters. The Bertz CT molecular complexity index is 1010. The Labute approximate surface area is 154 Å². The van der Waals surface area contributed by atoms with E-state index in [1.807, 2.05) is 6.92 Å². The Balaban J connectivity index is 1.56. The zero-order chi connectivity index (χ0) is 18.8. The monoisotopic (exact) mass is 366 g/mol. The molecule has 1 fully saturated rings. The Morgan fingerprint density at radius 1 is 1.22 bits per heavy atom. The number of amides is 2. The first-order valence-electron chi connectivity index (χ1n) is 8.58. The molecule has 1 aromatic carbocycles. The molecule has 0 bridgehead atoms. The number of carbonyl (C=O) groups excluding carboxylic acids is 2. The molecule has 2 aromatic heterocycles. The van der Waals surface area contributed by atoms with Crippen LogP contribution >= 0.6 is 0 Å². The number of hydrogen-bond donors (Lipinski definition) is 2. The largest absolute Gasteiger partial charge is 0.378 e. The maximum Gasteiger partial charge on any atom is 0.257 e. The van der Waals surface area contributed by atoms with Gasteiger partial charge in [0.05, 0.1) is 18.8 Å². The van der Waals surface area contributed by atoms with E-state index < -0.39 is 0 Å². The van der Waals surface area contributed by atoms with Crippen molar-refractivity contribution in [2.45, 2.75) is 6.92 Å². The molecule has 0 atom stereocenters. The van der Waals surface area contributed by atoms with Crippen molar-refractivity contribution >= 4 is 28.7 Å². The van der Waals surface area contributed by atoms with Crippen molar-refractivity contribution in [1.29, 1.82) is 0 Å². The Morgan fingerprint density at radius 2 is 2.04 bits per heavy atom. The van der Waals surface area contributed by atoms with Gasteiger partial charge in [-0.2, -0.15) is 10.3 Å². The number of aromatic nitrogens is 4. The van der Waals surface area contributed by atoms with E-state index in [0.717, 1.165) is 5.56 Å². The van der Waals surface area contributed by atoms with Gasteiger partial charge < -0.3 is 15.0 Å². The third kappa shape index (κ3) is 3.36. The number of fused-ring (bicyclic) bond motifs is 1. The van der Waals surface area contributed by atoms with Crippen LogP contribution in [-0.2, 0) is 4.74 Å². The van der Waals surface area contributed by atoms with Gasteiger partial charge in [0, 0.05) is 30.5 Å². The molecule has 2 amide bonds. The highest BCUT2D eigenvalue weighted by Crippen LogP contribution is 2.22. The van der Waals surface area contributed by atoms with Gasteiger partial charge >= 0.3 is 0 Å². The van der Waals surface area contributed by atoms with Crippen LogP contribution in [0.3, 0.4) is 0 Å². The number of anilines is 1. The molecule has 3 heterocycles. The summed E-state index contributed by atoms with van der Waals surface area (Å²) < 4.78 is 5.30. The minimum Gasteiger partial charge on any atom is -0.378 e. The molecule has 0 saturated carbocycles. The molecule has 0 aliphatic carbocycles. The first-order valence-corrected chi connectivity index (χ1v) is 8.58. The van der Waals surface area contributed by atoms with Crippen molar-refractivity contribution in [1.82, 2.24) is 25.3 Å². The van der Waals surface area contributed by atoms with Crippen molar-refractivity contribution in [3.05, 3.63) is 47.2 Å². The number of aromatic amines is 1. The first-order chi connectivity index (χ1) is 13.1. The number of benzene rings is 1. The van der Waals surface area contributed by atoms with Crippen molar-refractivity contribution < 1.29 is 14.3 Å². The minimum absolute atomic E-state index is 0.0578. The molecule has 4 rings (SSSR count). The third-order valence-corrected chi connectivity index (χ3v) is 4.55. The van der Waals surface area contributed by atoms with Crippen LogP contribution in [0.5, 0.6) is 0 Å². The summed E-state index contributed by atoms with van der Waals surface area (Å²) in [4.78, 5) is 31.2. The van der Waals surface area contributed by atoms with Crippen molar-refractivity contribution in [3.8, 4) is 0 Å². The van der Waals surface area contributed by atoms with E-state index in [4.69, 9.17) is 4.74 Å². The fourth-order valence-corrected chi connectivity index (χ4v) is 3.00. The number of ether oxygens (including phenoxy) is 1. The van der Waals surface area contributed by atoms with Crippen LogP contribution in [0.4, 0.5) is 5.69 Å². The summed E-state index contributed by atoms with van der Waals surface area (Å²) in [6.45, 7) is 4.04. The van der Waals surface area contributed by atoms with Crippen molar-refractivity contribution in [2.75, 3.05) is 31.6 Å². The Kier molecular flexibility index (Phi) is 4.51. The predicted octanol–water partition coefficient (Wildman–Crippen LogP) is 1.39. The lowest BCUT2D eigenvalue weighted by Gasteiger charge is -2.27. The standard InChI is InChI=1S/C18H18N6O3/c1-11-13(18(26)24-5-7-27-8-6-24)3-2-4-14(11)20-17(25)12-9-15-16(19-10-12)22-23-21-15/h2-4,9-10H,5-8H2,1H3,(H,20,25)(H,19,21,22,23). The number of nitrogens with zero attached hydrogens (tertiary/aromatic N) is 4. The van der Waals surface area contributed by atoms with Crippen LogP contribution in [-0.4, -0.2) is 63.4 Å². The smallest absolute Gasteiger partial charge is 0.257 e. The molecule has 9 nitrogen and oxygen atoms in total. The maximum atomic E-state index is 12.8. The predicted molar refractivity (Wildman–Crippen MR) is 97.5 cm³/mol. The fraction of sp³-hybridized carbons (Fsp3) is 0.278. The first kappa shape index (κ1) is 17.1. The highest BCUT2D eigenvalue weighted by molar-refractivity contribution is 6.06. The average molecular weight is 366 g/mol. The molecule has 0 radical (unpaired) electrons. The summed E-state index contributed by atoms with van der Waals surface area (Å²) in [5.74, 6) is -0.385. The van der Waals surface area contributed by atoms with Crippen molar-refractivity contribution in [3.63, 3.8) is 0 Å². The summed E-state index contributed by atoms with van der Waals surface area (Å²) >= 11 is 0. The lowest BCUT2D eigenvalue weighted by atomic mass is 10.0. The summed E-state index contributed by atoms with van der Waals surface area (Å²) in [5, 5.41) is 13.1. The van der Waals surface area contributed by atoms with E-state index in [0.29, 0.717) is 54.3 Å². The van der Waals surface area contributed by atoms with Gasteiger partial charge in [0.15, 0.2) is 0 Å². The highest BCUT2D eigenvalue weighted by atomic mass is 16.5. The van der Waals surface area contributed by atoms with E-state index in [1.165, 1.54) is 6.20 Å². The topological polar surface area (TPSA) is 113 Å². The van der Waals surface area contributed by atoms with Gasteiger partial charge in [-0.1, -0.05) is 6.07 Å². The number of hydrogen-bond acceptors (Lipinski definition) is 6.